The normalized spacial score (nSPS) is 26.1. The molecule has 0 radical (unpaired) electrons. The molecule has 5 heteroatoms. The Morgan fingerprint density at radius 2 is 2.10 bits per heavy atom. The van der Waals surface area contributed by atoms with Crippen LogP contribution in [0.1, 0.15) is 52.4 Å². The van der Waals surface area contributed by atoms with Crippen LogP contribution in [0.15, 0.2) is 0 Å². The summed E-state index contributed by atoms with van der Waals surface area (Å²) in [5.41, 5.74) is 4.82. The second-order valence-corrected chi connectivity index (χ2v) is 5.89. The Balaban J connectivity index is 2.34. The third-order valence-corrected chi connectivity index (χ3v) is 4.18. The Morgan fingerprint density at radius 1 is 1.40 bits per heavy atom. The molecule has 118 valence electrons. The van der Waals surface area contributed by atoms with Crippen LogP contribution in [0.25, 0.3) is 0 Å². The maximum Gasteiger partial charge on any atom is 0.237 e. The van der Waals surface area contributed by atoms with Gasteiger partial charge in [-0.05, 0) is 52.0 Å². The van der Waals surface area contributed by atoms with Crippen LogP contribution in [0.2, 0.25) is 0 Å². The number of primary amides is 1. The van der Waals surface area contributed by atoms with Gasteiger partial charge in [-0.2, -0.15) is 0 Å². The summed E-state index contributed by atoms with van der Waals surface area (Å²) in [6.45, 7) is 5.26. The SMILES string of the molecule is CCCNC(C)(CCOC1CCCC(OC)C1)C(N)=O. The molecule has 0 aromatic rings. The quantitative estimate of drug-likeness (QED) is 0.675. The highest BCUT2D eigenvalue weighted by Gasteiger charge is 2.30. The Morgan fingerprint density at radius 3 is 2.70 bits per heavy atom. The molecule has 1 rings (SSSR count). The van der Waals surface area contributed by atoms with Crippen LogP contribution in [-0.4, -0.2) is 43.9 Å². The number of carbonyl (C=O) groups is 1. The lowest BCUT2D eigenvalue weighted by Crippen LogP contribution is -2.54. The second-order valence-electron chi connectivity index (χ2n) is 5.89. The molecule has 0 saturated heterocycles. The number of rotatable bonds is 9. The Labute approximate surface area is 122 Å². The van der Waals surface area contributed by atoms with E-state index in [1.807, 2.05) is 6.92 Å². The molecule has 5 nitrogen and oxygen atoms in total. The minimum atomic E-state index is -0.675. The van der Waals surface area contributed by atoms with Crippen molar-refractivity contribution in [3.63, 3.8) is 0 Å². The molecular formula is C15H30N2O3. The summed E-state index contributed by atoms with van der Waals surface area (Å²) in [7, 11) is 1.76. The lowest BCUT2D eigenvalue weighted by atomic mass is 9.94. The Hall–Kier alpha value is -0.650. The summed E-state index contributed by atoms with van der Waals surface area (Å²) in [6.07, 6.45) is 6.43. The maximum atomic E-state index is 11.6. The number of nitrogens with two attached hydrogens (primary N) is 1. The van der Waals surface area contributed by atoms with E-state index in [1.54, 1.807) is 7.11 Å². The summed E-state index contributed by atoms with van der Waals surface area (Å²) >= 11 is 0. The summed E-state index contributed by atoms with van der Waals surface area (Å²) in [4.78, 5) is 11.6. The fraction of sp³-hybridized carbons (Fsp3) is 0.933. The zero-order valence-electron chi connectivity index (χ0n) is 13.1. The van der Waals surface area contributed by atoms with Crippen molar-refractivity contribution in [2.24, 2.45) is 5.73 Å². The highest BCUT2D eigenvalue weighted by molar-refractivity contribution is 5.84. The highest BCUT2D eigenvalue weighted by Crippen LogP contribution is 2.23. The van der Waals surface area contributed by atoms with Gasteiger partial charge in [0, 0.05) is 13.7 Å². The number of hydrogen-bond acceptors (Lipinski definition) is 4. The van der Waals surface area contributed by atoms with Gasteiger partial charge in [-0.1, -0.05) is 6.92 Å². The van der Waals surface area contributed by atoms with E-state index in [1.165, 1.54) is 0 Å². The average molecular weight is 286 g/mol. The van der Waals surface area contributed by atoms with Gasteiger partial charge in [0.15, 0.2) is 0 Å². The summed E-state index contributed by atoms with van der Waals surface area (Å²) in [6, 6.07) is 0. The van der Waals surface area contributed by atoms with Crippen molar-refractivity contribution < 1.29 is 14.3 Å². The van der Waals surface area contributed by atoms with Gasteiger partial charge in [-0.15, -0.1) is 0 Å². The number of hydrogen-bond donors (Lipinski definition) is 2. The minimum Gasteiger partial charge on any atom is -0.381 e. The van der Waals surface area contributed by atoms with Crippen molar-refractivity contribution in [1.82, 2.24) is 5.32 Å². The van der Waals surface area contributed by atoms with Gasteiger partial charge in [0.05, 0.1) is 17.7 Å². The van der Waals surface area contributed by atoms with E-state index < -0.39 is 5.54 Å². The zero-order valence-corrected chi connectivity index (χ0v) is 13.1. The molecular weight excluding hydrogens is 256 g/mol. The second kappa shape index (κ2) is 8.60. The van der Waals surface area contributed by atoms with Gasteiger partial charge in [-0.3, -0.25) is 4.79 Å². The third kappa shape index (κ3) is 5.38. The molecule has 0 aromatic carbocycles. The Bertz CT molecular complexity index is 299. The topological polar surface area (TPSA) is 73.6 Å². The molecule has 3 N–H and O–H groups in total. The van der Waals surface area contributed by atoms with E-state index >= 15 is 0 Å². The first kappa shape index (κ1) is 17.4. The van der Waals surface area contributed by atoms with Crippen LogP contribution in [0, 0.1) is 0 Å². The van der Waals surface area contributed by atoms with Crippen LogP contribution in [0.4, 0.5) is 0 Å². The molecule has 1 aliphatic carbocycles. The Kier molecular flexibility index (Phi) is 7.48. The van der Waals surface area contributed by atoms with E-state index in [-0.39, 0.29) is 12.0 Å². The summed E-state index contributed by atoms with van der Waals surface area (Å²) in [5.74, 6) is -0.312. The fourth-order valence-electron chi connectivity index (χ4n) is 2.60. The fourth-order valence-corrected chi connectivity index (χ4v) is 2.60. The van der Waals surface area contributed by atoms with E-state index in [4.69, 9.17) is 15.2 Å². The van der Waals surface area contributed by atoms with Crippen LogP contribution in [-0.2, 0) is 14.3 Å². The summed E-state index contributed by atoms with van der Waals surface area (Å²) in [5, 5.41) is 3.22. The highest BCUT2D eigenvalue weighted by atomic mass is 16.5. The molecule has 1 saturated carbocycles. The predicted molar refractivity (Wildman–Crippen MR) is 79.5 cm³/mol. The number of methoxy groups -OCH3 is 1. The summed E-state index contributed by atoms with van der Waals surface area (Å²) < 4.78 is 11.3. The van der Waals surface area contributed by atoms with Crippen LogP contribution >= 0.6 is 0 Å². The molecule has 3 atom stereocenters. The molecule has 0 bridgehead atoms. The van der Waals surface area contributed by atoms with E-state index in [0.717, 1.165) is 38.6 Å². The minimum absolute atomic E-state index is 0.247. The molecule has 0 aromatic heterocycles. The molecule has 20 heavy (non-hydrogen) atoms. The van der Waals surface area contributed by atoms with Crippen LogP contribution in [0.3, 0.4) is 0 Å². The third-order valence-electron chi connectivity index (χ3n) is 4.18. The van der Waals surface area contributed by atoms with E-state index in [0.29, 0.717) is 19.1 Å². The lowest BCUT2D eigenvalue weighted by molar-refractivity contribution is -0.125. The van der Waals surface area contributed by atoms with Gasteiger partial charge < -0.3 is 20.5 Å². The smallest absolute Gasteiger partial charge is 0.237 e. The largest absolute Gasteiger partial charge is 0.381 e. The first-order valence-electron chi connectivity index (χ1n) is 7.71. The van der Waals surface area contributed by atoms with Crippen LogP contribution in [0.5, 0.6) is 0 Å². The number of nitrogens with one attached hydrogen (secondary N) is 1. The van der Waals surface area contributed by atoms with Crippen molar-refractivity contribution in [2.45, 2.75) is 70.1 Å². The maximum absolute atomic E-state index is 11.6. The molecule has 1 amide bonds. The lowest BCUT2D eigenvalue weighted by Gasteiger charge is -2.31. The number of amides is 1. The number of ether oxygens (including phenoxy) is 2. The first-order valence-corrected chi connectivity index (χ1v) is 7.71. The van der Waals surface area contributed by atoms with Crippen molar-refractivity contribution >= 4 is 5.91 Å². The zero-order chi connectivity index (χ0) is 15.0. The van der Waals surface area contributed by atoms with Gasteiger partial charge in [0.2, 0.25) is 5.91 Å². The molecule has 1 fully saturated rings. The van der Waals surface area contributed by atoms with Crippen molar-refractivity contribution in [3.8, 4) is 0 Å². The van der Waals surface area contributed by atoms with E-state index in [9.17, 15) is 4.79 Å². The molecule has 1 aliphatic rings. The van der Waals surface area contributed by atoms with Gasteiger partial charge >= 0.3 is 0 Å². The van der Waals surface area contributed by atoms with E-state index in [2.05, 4.69) is 12.2 Å². The van der Waals surface area contributed by atoms with Crippen LogP contribution < -0.4 is 11.1 Å². The molecule has 0 spiro atoms. The number of carbonyl (C=O) groups excluding carboxylic acids is 1. The molecule has 0 aliphatic heterocycles. The van der Waals surface area contributed by atoms with Gasteiger partial charge in [-0.25, -0.2) is 0 Å². The average Bonchev–Trinajstić information content (AvgIpc) is 2.45. The first-order chi connectivity index (χ1) is 9.51. The monoisotopic (exact) mass is 286 g/mol. The molecule has 0 heterocycles. The standard InChI is InChI=1S/C15H30N2O3/c1-4-9-17-15(2,14(16)18)8-10-20-13-7-5-6-12(11-13)19-3/h12-13,17H,4-11H2,1-3H3,(H2,16,18). The van der Waals surface area contributed by atoms with Crippen molar-refractivity contribution in [2.75, 3.05) is 20.3 Å². The van der Waals surface area contributed by atoms with Gasteiger partial charge in [0.25, 0.3) is 0 Å². The predicted octanol–water partition coefficient (Wildman–Crippen LogP) is 1.59. The van der Waals surface area contributed by atoms with Crippen molar-refractivity contribution in [3.05, 3.63) is 0 Å². The van der Waals surface area contributed by atoms with Gasteiger partial charge in [0.1, 0.15) is 0 Å². The van der Waals surface area contributed by atoms with Crippen molar-refractivity contribution in [1.29, 1.82) is 0 Å². The molecule has 3 unspecified atom stereocenters.